The second-order valence-electron chi connectivity index (χ2n) is 6.86. The monoisotopic (exact) mass is 517 g/mol. The van der Waals surface area contributed by atoms with E-state index in [1.807, 2.05) is 0 Å². The number of β-lactam (4-membered cyclic amide) rings is 1. The van der Waals surface area contributed by atoms with Gasteiger partial charge in [-0.25, -0.2) is 17.9 Å². The van der Waals surface area contributed by atoms with E-state index in [0.29, 0.717) is 10.7 Å². The van der Waals surface area contributed by atoms with Crippen LogP contribution in [-0.2, 0) is 36.0 Å². The van der Waals surface area contributed by atoms with Crippen LogP contribution in [0.15, 0.2) is 16.4 Å². The van der Waals surface area contributed by atoms with Crippen LogP contribution in [0.25, 0.3) is 0 Å². The Bertz CT molecular complexity index is 1180. The fourth-order valence-electron chi connectivity index (χ4n) is 3.27. The van der Waals surface area contributed by atoms with Gasteiger partial charge in [-0.2, -0.15) is 5.26 Å². The molecule has 1 unspecified atom stereocenters. The number of tetrazole rings is 1. The number of hydrogen-bond donors (Lipinski definition) is 2. The molecule has 1 saturated heterocycles. The maximum atomic E-state index is 13.1. The topological polar surface area (TPSA) is 197 Å². The molecule has 1 aromatic rings. The molecule has 2 aliphatic rings. The van der Waals surface area contributed by atoms with Gasteiger partial charge in [-0.1, -0.05) is 18.7 Å². The largest absolute Gasteiger partial charge is 0.477 e. The third-order valence-electron chi connectivity index (χ3n) is 5.02. The number of aryl methyl sites for hydroxylation is 1. The Hall–Kier alpha value is -2.68. The van der Waals surface area contributed by atoms with Gasteiger partial charge in [0.15, 0.2) is 9.84 Å². The lowest BCUT2D eigenvalue weighted by Crippen LogP contribution is -2.81. The number of hydrogen-bond acceptors (Lipinski definition) is 12. The fraction of sp³-hybridized carbons (Fsp3) is 0.562. The van der Waals surface area contributed by atoms with Gasteiger partial charge in [0.05, 0.1) is 6.07 Å². The molecule has 2 amide bonds. The standard InChI is InChI=1S/C16H19N7O7S3/c1-4-33(28,29)9(5-17)11(24)18-16(30-3)13(27)23-10(12(25)26)8(6-31-14(16)23)7-32-15-19-20-21-22(15)2/h9,14H,4,6-7H2,1-3H3,(H,18,24)(H,25,26)/t9?,14-,16-/m0/s1. The highest BCUT2D eigenvalue weighted by Gasteiger charge is 2.67. The summed E-state index contributed by atoms with van der Waals surface area (Å²) in [6, 6.07) is 1.43. The molecule has 3 heterocycles. The van der Waals surface area contributed by atoms with Gasteiger partial charge in [0.25, 0.3) is 17.5 Å². The van der Waals surface area contributed by atoms with E-state index in [1.165, 1.54) is 29.4 Å². The zero-order valence-electron chi connectivity index (χ0n) is 17.6. The molecular weight excluding hydrogens is 498 g/mol. The minimum absolute atomic E-state index is 0.185. The molecule has 2 N–H and O–H groups in total. The molecule has 14 nitrogen and oxygen atoms in total. The second kappa shape index (κ2) is 9.29. The summed E-state index contributed by atoms with van der Waals surface area (Å²) in [6.07, 6.45) is 0. The van der Waals surface area contributed by atoms with Crippen molar-refractivity contribution in [3.63, 3.8) is 0 Å². The molecule has 1 fully saturated rings. The number of thioether (sulfide) groups is 2. The maximum Gasteiger partial charge on any atom is 0.352 e. The van der Waals surface area contributed by atoms with Gasteiger partial charge < -0.3 is 15.2 Å². The molecule has 0 bridgehead atoms. The molecule has 0 spiro atoms. The third kappa shape index (κ3) is 4.18. The first-order valence-electron chi connectivity index (χ1n) is 9.28. The summed E-state index contributed by atoms with van der Waals surface area (Å²) in [4.78, 5) is 38.6. The molecule has 17 heteroatoms. The van der Waals surface area contributed by atoms with Crippen LogP contribution in [0.1, 0.15) is 6.92 Å². The Kier molecular flexibility index (Phi) is 7.02. The van der Waals surface area contributed by atoms with Crippen LogP contribution < -0.4 is 5.32 Å². The lowest BCUT2D eigenvalue weighted by molar-refractivity contribution is -0.192. The van der Waals surface area contributed by atoms with Crippen molar-refractivity contribution >= 4 is 51.1 Å². The van der Waals surface area contributed by atoms with Crippen molar-refractivity contribution in [2.45, 2.75) is 28.4 Å². The number of aliphatic carboxylic acids is 1. The third-order valence-corrected chi connectivity index (χ3v) is 9.33. The number of amides is 2. The number of nitriles is 1. The molecule has 3 atom stereocenters. The van der Waals surface area contributed by atoms with Crippen molar-refractivity contribution in [2.24, 2.45) is 7.05 Å². The van der Waals surface area contributed by atoms with Crippen molar-refractivity contribution in [2.75, 3.05) is 24.4 Å². The first-order chi connectivity index (χ1) is 15.5. The van der Waals surface area contributed by atoms with Crippen molar-refractivity contribution in [3.05, 3.63) is 11.3 Å². The number of carboxylic acids is 1. The molecule has 0 aliphatic carbocycles. The van der Waals surface area contributed by atoms with Crippen molar-refractivity contribution in [1.29, 1.82) is 5.26 Å². The number of sulfone groups is 1. The van der Waals surface area contributed by atoms with Gasteiger partial charge in [0.2, 0.25) is 10.4 Å². The predicted molar refractivity (Wildman–Crippen MR) is 114 cm³/mol. The quantitative estimate of drug-likeness (QED) is 0.215. The summed E-state index contributed by atoms with van der Waals surface area (Å²) in [5.41, 5.74) is -1.83. The van der Waals surface area contributed by atoms with Crippen LogP contribution in [0.3, 0.4) is 0 Å². The molecule has 178 valence electrons. The van der Waals surface area contributed by atoms with Crippen LogP contribution in [0.5, 0.6) is 0 Å². The molecule has 0 aromatic carbocycles. The highest BCUT2D eigenvalue weighted by Crippen LogP contribution is 2.47. The summed E-state index contributed by atoms with van der Waals surface area (Å²) in [6.45, 7) is 1.28. The van der Waals surface area contributed by atoms with Crippen LogP contribution in [-0.4, -0.2) is 97.1 Å². The second-order valence-corrected chi connectivity index (χ2v) is 11.2. The molecule has 33 heavy (non-hydrogen) atoms. The van der Waals surface area contributed by atoms with E-state index in [2.05, 4.69) is 20.8 Å². The number of nitrogens with zero attached hydrogens (tertiary/aromatic N) is 6. The number of methoxy groups -OCH3 is 1. The van der Waals surface area contributed by atoms with E-state index in [4.69, 9.17) is 4.74 Å². The Morgan fingerprint density at radius 3 is 2.73 bits per heavy atom. The van der Waals surface area contributed by atoms with Crippen LogP contribution >= 0.6 is 23.5 Å². The fourth-order valence-corrected chi connectivity index (χ4v) is 6.57. The lowest BCUT2D eigenvalue weighted by Gasteiger charge is -2.55. The van der Waals surface area contributed by atoms with Gasteiger partial charge in [0, 0.05) is 31.4 Å². The molecular formula is C16H19N7O7S3. The summed E-state index contributed by atoms with van der Waals surface area (Å²) >= 11 is 2.32. The first-order valence-corrected chi connectivity index (χ1v) is 13.0. The summed E-state index contributed by atoms with van der Waals surface area (Å²) in [5.74, 6) is -3.53. The zero-order valence-corrected chi connectivity index (χ0v) is 20.0. The van der Waals surface area contributed by atoms with Gasteiger partial charge >= 0.3 is 5.97 Å². The Labute approximate surface area is 196 Å². The predicted octanol–water partition coefficient (Wildman–Crippen LogP) is -1.66. The first kappa shape index (κ1) is 25.0. The number of carbonyl (C=O) groups excluding carboxylic acids is 2. The lowest BCUT2D eigenvalue weighted by atomic mass is 9.98. The number of fused-ring (bicyclic) bond motifs is 1. The van der Waals surface area contributed by atoms with E-state index < -0.39 is 49.7 Å². The average Bonchev–Trinajstić information content (AvgIpc) is 3.19. The van der Waals surface area contributed by atoms with E-state index >= 15 is 0 Å². The normalized spacial score (nSPS) is 23.4. The zero-order chi connectivity index (χ0) is 24.6. The van der Waals surface area contributed by atoms with Gasteiger partial charge in [-0.05, 0) is 16.0 Å². The SMILES string of the molecule is CCS(=O)(=O)C(C#N)C(=O)N[C@]1(OC)C(=O)N2C(C(=O)O)=C(CSc3nnnn3C)CS[C@H]21. The maximum absolute atomic E-state index is 13.1. The van der Waals surface area contributed by atoms with Gasteiger partial charge in [-0.15, -0.1) is 16.9 Å². The molecule has 0 saturated carbocycles. The Balaban J connectivity index is 1.87. The number of nitrogens with one attached hydrogen (secondary N) is 1. The van der Waals surface area contributed by atoms with Gasteiger partial charge in [-0.3, -0.25) is 14.5 Å². The van der Waals surface area contributed by atoms with E-state index in [9.17, 15) is 33.2 Å². The minimum Gasteiger partial charge on any atom is -0.477 e. The van der Waals surface area contributed by atoms with Crippen LogP contribution in [0, 0.1) is 11.3 Å². The summed E-state index contributed by atoms with van der Waals surface area (Å²) < 4.78 is 30.8. The summed E-state index contributed by atoms with van der Waals surface area (Å²) in [5, 5.41) is 29.7. The van der Waals surface area contributed by atoms with E-state index in [0.717, 1.165) is 23.8 Å². The number of carbonyl (C=O) groups is 3. The molecule has 1 aromatic heterocycles. The number of aromatic nitrogens is 4. The van der Waals surface area contributed by atoms with Crippen LogP contribution in [0.2, 0.25) is 0 Å². The molecule has 2 aliphatic heterocycles. The number of ether oxygens (including phenoxy) is 1. The summed E-state index contributed by atoms with van der Waals surface area (Å²) in [7, 11) is -1.32. The Morgan fingerprint density at radius 2 is 2.21 bits per heavy atom. The van der Waals surface area contributed by atoms with E-state index in [-0.39, 0.29) is 17.2 Å². The minimum atomic E-state index is -4.07. The molecule has 3 rings (SSSR count). The highest BCUT2D eigenvalue weighted by atomic mass is 32.2. The van der Waals surface area contributed by atoms with Crippen molar-refractivity contribution in [3.8, 4) is 6.07 Å². The number of carboxylic acid groups (broad SMARTS) is 1. The number of rotatable bonds is 9. The Morgan fingerprint density at radius 1 is 1.52 bits per heavy atom. The van der Waals surface area contributed by atoms with Crippen LogP contribution in [0.4, 0.5) is 0 Å². The highest BCUT2D eigenvalue weighted by molar-refractivity contribution is 8.01. The van der Waals surface area contributed by atoms with Crippen molar-refractivity contribution < 1.29 is 32.6 Å². The molecule has 0 radical (unpaired) electrons. The smallest absolute Gasteiger partial charge is 0.352 e. The average molecular weight is 518 g/mol. The van der Waals surface area contributed by atoms with Crippen molar-refractivity contribution in [1.82, 2.24) is 30.4 Å². The van der Waals surface area contributed by atoms with E-state index in [1.54, 1.807) is 7.05 Å². The van der Waals surface area contributed by atoms with Gasteiger partial charge in [0.1, 0.15) is 11.1 Å².